The van der Waals surface area contributed by atoms with Crippen LogP contribution in [0, 0.1) is 0 Å². The standard InChI is InChI=1S/C14H9ClF5NO/c15-11-3-1-9(2-4-11)12(22,10-5-7-21-8-6-10)13(16,17)14(18,19)20/h1-8,22H. The highest BCUT2D eigenvalue weighted by molar-refractivity contribution is 6.30. The molecule has 1 atom stereocenters. The minimum atomic E-state index is -5.95. The fourth-order valence-corrected chi connectivity index (χ4v) is 2.14. The van der Waals surface area contributed by atoms with Gasteiger partial charge in [-0.05, 0) is 35.4 Å². The number of nitrogens with zero attached hydrogens (tertiary/aromatic N) is 1. The van der Waals surface area contributed by atoms with Gasteiger partial charge in [-0.15, -0.1) is 0 Å². The van der Waals surface area contributed by atoms with Crippen molar-refractivity contribution in [2.45, 2.75) is 17.7 Å². The fourth-order valence-electron chi connectivity index (χ4n) is 2.02. The summed E-state index contributed by atoms with van der Waals surface area (Å²) < 4.78 is 66.5. The second kappa shape index (κ2) is 5.48. The zero-order valence-corrected chi connectivity index (χ0v) is 11.5. The molecule has 0 radical (unpaired) electrons. The van der Waals surface area contributed by atoms with Crippen LogP contribution in [0.2, 0.25) is 5.02 Å². The molecule has 0 spiro atoms. The Hall–Kier alpha value is -1.73. The van der Waals surface area contributed by atoms with Crippen molar-refractivity contribution in [1.29, 1.82) is 0 Å². The van der Waals surface area contributed by atoms with E-state index in [9.17, 15) is 27.1 Å². The molecule has 1 heterocycles. The summed E-state index contributed by atoms with van der Waals surface area (Å²) in [6.07, 6.45) is -3.92. The van der Waals surface area contributed by atoms with Gasteiger partial charge in [0.1, 0.15) is 0 Å². The maximum Gasteiger partial charge on any atom is 0.457 e. The molecule has 0 aliphatic carbocycles. The molecule has 0 amide bonds. The van der Waals surface area contributed by atoms with E-state index >= 15 is 0 Å². The van der Waals surface area contributed by atoms with Crippen LogP contribution in [0.5, 0.6) is 0 Å². The molecule has 118 valence electrons. The van der Waals surface area contributed by atoms with Crippen molar-refractivity contribution in [3.05, 3.63) is 64.9 Å². The maximum absolute atomic E-state index is 14.0. The first-order chi connectivity index (χ1) is 10.1. The van der Waals surface area contributed by atoms with E-state index in [1.54, 1.807) is 0 Å². The van der Waals surface area contributed by atoms with Crippen molar-refractivity contribution < 1.29 is 27.1 Å². The number of halogens is 6. The van der Waals surface area contributed by atoms with E-state index in [4.69, 9.17) is 11.6 Å². The van der Waals surface area contributed by atoms with Gasteiger partial charge in [0.15, 0.2) is 5.60 Å². The maximum atomic E-state index is 14.0. The molecule has 1 aromatic heterocycles. The predicted octanol–water partition coefficient (Wildman–Crippen LogP) is 4.17. The molecule has 0 fully saturated rings. The number of benzene rings is 1. The molecule has 1 aromatic carbocycles. The van der Waals surface area contributed by atoms with Crippen LogP contribution in [-0.2, 0) is 5.60 Å². The Balaban J connectivity index is 2.73. The third-order valence-corrected chi connectivity index (χ3v) is 3.42. The lowest BCUT2D eigenvalue weighted by molar-refractivity contribution is -0.336. The zero-order chi connectivity index (χ0) is 16.6. The highest BCUT2D eigenvalue weighted by atomic mass is 35.5. The van der Waals surface area contributed by atoms with Crippen LogP contribution >= 0.6 is 11.6 Å². The van der Waals surface area contributed by atoms with E-state index in [0.717, 1.165) is 48.8 Å². The van der Waals surface area contributed by atoms with Crippen molar-refractivity contribution >= 4 is 11.6 Å². The molecule has 2 aromatic rings. The molecule has 1 N–H and O–H groups in total. The first-order valence-electron chi connectivity index (χ1n) is 5.94. The number of aromatic nitrogens is 1. The normalized spacial score (nSPS) is 15.4. The molecule has 22 heavy (non-hydrogen) atoms. The second-order valence-corrected chi connectivity index (χ2v) is 4.96. The fraction of sp³-hybridized carbons (Fsp3) is 0.214. The predicted molar refractivity (Wildman–Crippen MR) is 69.7 cm³/mol. The van der Waals surface area contributed by atoms with E-state index < -0.39 is 28.8 Å². The molecule has 0 saturated heterocycles. The number of rotatable bonds is 3. The highest BCUT2D eigenvalue weighted by Gasteiger charge is 2.71. The minimum absolute atomic E-state index is 0.135. The van der Waals surface area contributed by atoms with Crippen LogP contribution < -0.4 is 0 Å². The van der Waals surface area contributed by atoms with Gasteiger partial charge in [-0.3, -0.25) is 4.98 Å². The summed E-state index contributed by atoms with van der Waals surface area (Å²) in [5.41, 5.74) is -4.86. The Morgan fingerprint density at radius 3 is 1.73 bits per heavy atom. The zero-order valence-electron chi connectivity index (χ0n) is 10.8. The van der Waals surface area contributed by atoms with E-state index in [0.29, 0.717) is 0 Å². The van der Waals surface area contributed by atoms with Gasteiger partial charge in [0, 0.05) is 17.4 Å². The topological polar surface area (TPSA) is 33.1 Å². The summed E-state index contributed by atoms with van der Waals surface area (Å²) in [4.78, 5) is 3.55. The Labute approximate surface area is 127 Å². The van der Waals surface area contributed by atoms with Crippen molar-refractivity contribution in [3.8, 4) is 0 Å². The molecule has 2 nitrogen and oxygen atoms in total. The Morgan fingerprint density at radius 2 is 1.27 bits per heavy atom. The molecule has 0 bridgehead atoms. The van der Waals surface area contributed by atoms with E-state index in [-0.39, 0.29) is 5.02 Å². The van der Waals surface area contributed by atoms with Gasteiger partial charge in [-0.2, -0.15) is 22.0 Å². The molecule has 2 rings (SSSR count). The van der Waals surface area contributed by atoms with Crippen LogP contribution in [0.3, 0.4) is 0 Å². The molecular formula is C14H9ClF5NO. The van der Waals surface area contributed by atoms with E-state index in [1.165, 1.54) is 0 Å². The quantitative estimate of drug-likeness (QED) is 0.853. The first kappa shape index (κ1) is 16.6. The van der Waals surface area contributed by atoms with Gasteiger partial charge in [-0.25, -0.2) is 0 Å². The summed E-state index contributed by atoms with van der Waals surface area (Å²) in [5.74, 6) is -5.42. The SMILES string of the molecule is OC(c1ccncc1)(c1ccc(Cl)cc1)C(F)(F)C(F)(F)F. The van der Waals surface area contributed by atoms with Crippen LogP contribution in [0.4, 0.5) is 22.0 Å². The van der Waals surface area contributed by atoms with Gasteiger partial charge in [0.2, 0.25) is 0 Å². The third-order valence-electron chi connectivity index (χ3n) is 3.17. The third kappa shape index (κ3) is 2.55. The average Bonchev–Trinajstić information content (AvgIpc) is 2.46. The van der Waals surface area contributed by atoms with E-state index in [2.05, 4.69) is 4.98 Å². The molecule has 1 unspecified atom stereocenters. The first-order valence-corrected chi connectivity index (χ1v) is 6.32. The Kier molecular flexibility index (Phi) is 4.14. The molecule has 0 aliphatic rings. The monoisotopic (exact) mass is 337 g/mol. The van der Waals surface area contributed by atoms with Crippen molar-refractivity contribution in [1.82, 2.24) is 4.98 Å². The molecule has 8 heteroatoms. The van der Waals surface area contributed by atoms with Gasteiger partial charge in [0.05, 0.1) is 0 Å². The van der Waals surface area contributed by atoms with Gasteiger partial charge in [0.25, 0.3) is 0 Å². The molecular weight excluding hydrogens is 329 g/mol. The molecule has 0 saturated carbocycles. The van der Waals surface area contributed by atoms with E-state index in [1.807, 2.05) is 0 Å². The van der Waals surface area contributed by atoms with Crippen molar-refractivity contribution in [2.75, 3.05) is 0 Å². The molecule has 0 aliphatic heterocycles. The Morgan fingerprint density at radius 1 is 0.818 bits per heavy atom. The number of hydrogen-bond acceptors (Lipinski definition) is 2. The second-order valence-electron chi connectivity index (χ2n) is 4.53. The number of alkyl halides is 5. The van der Waals surface area contributed by atoms with Gasteiger partial charge >= 0.3 is 12.1 Å². The number of hydrogen-bond donors (Lipinski definition) is 1. The summed E-state index contributed by atoms with van der Waals surface area (Å²) in [6.45, 7) is 0. The average molecular weight is 338 g/mol. The van der Waals surface area contributed by atoms with Crippen molar-refractivity contribution in [2.24, 2.45) is 0 Å². The lowest BCUT2D eigenvalue weighted by atomic mass is 9.81. The number of pyridine rings is 1. The van der Waals surface area contributed by atoms with Crippen LogP contribution in [0.1, 0.15) is 11.1 Å². The van der Waals surface area contributed by atoms with Gasteiger partial charge in [-0.1, -0.05) is 23.7 Å². The summed E-state index contributed by atoms with van der Waals surface area (Å²) in [5, 5.41) is 10.5. The smallest absolute Gasteiger partial charge is 0.374 e. The van der Waals surface area contributed by atoms with Crippen LogP contribution in [-0.4, -0.2) is 22.2 Å². The Bertz CT molecular complexity index is 645. The van der Waals surface area contributed by atoms with Crippen molar-refractivity contribution in [3.63, 3.8) is 0 Å². The summed E-state index contributed by atoms with van der Waals surface area (Å²) in [6, 6.07) is 5.87. The summed E-state index contributed by atoms with van der Waals surface area (Å²) >= 11 is 5.61. The largest absolute Gasteiger partial charge is 0.457 e. The van der Waals surface area contributed by atoms with Gasteiger partial charge < -0.3 is 5.11 Å². The number of aliphatic hydroxyl groups is 1. The minimum Gasteiger partial charge on any atom is -0.374 e. The highest BCUT2D eigenvalue weighted by Crippen LogP contribution is 2.51. The lowest BCUT2D eigenvalue weighted by Gasteiger charge is -2.37. The van der Waals surface area contributed by atoms with Crippen LogP contribution in [0.25, 0.3) is 0 Å². The lowest BCUT2D eigenvalue weighted by Crippen LogP contribution is -2.55. The van der Waals surface area contributed by atoms with Crippen LogP contribution in [0.15, 0.2) is 48.8 Å². The summed E-state index contributed by atoms with van der Waals surface area (Å²) in [7, 11) is 0.